The van der Waals surface area contributed by atoms with Crippen LogP contribution in [0.25, 0.3) is 11.0 Å². The maximum Gasteiger partial charge on any atom is 0.336 e. The molecule has 0 N–H and O–H groups in total. The van der Waals surface area contributed by atoms with Gasteiger partial charge in [0.05, 0.1) is 32.0 Å². The van der Waals surface area contributed by atoms with Crippen LogP contribution < -0.4 is 20.3 Å². The van der Waals surface area contributed by atoms with E-state index in [9.17, 15) is 9.59 Å². The molecule has 3 aromatic rings. The number of hydrogen-bond donors (Lipinski definition) is 0. The van der Waals surface area contributed by atoms with Crippen LogP contribution in [-0.4, -0.2) is 30.2 Å². The van der Waals surface area contributed by atoms with E-state index in [1.54, 1.807) is 46.9 Å². The first kappa shape index (κ1) is 24.5. The summed E-state index contributed by atoms with van der Waals surface area (Å²) in [7, 11) is 0. The molecule has 0 atom stereocenters. The number of halogens is 1. The van der Waals surface area contributed by atoms with E-state index in [4.69, 9.17) is 23.6 Å². The van der Waals surface area contributed by atoms with E-state index in [1.165, 1.54) is 11.3 Å². The van der Waals surface area contributed by atoms with Crippen molar-refractivity contribution in [3.8, 4) is 11.5 Å². The topological polar surface area (TPSA) is 87.4 Å². The second-order valence-electron chi connectivity index (χ2n) is 8.88. The zero-order valence-electron chi connectivity index (χ0n) is 19.3. The lowest BCUT2D eigenvalue weighted by atomic mass is 9.96. The van der Waals surface area contributed by atoms with Gasteiger partial charge < -0.3 is 13.9 Å². The highest BCUT2D eigenvalue weighted by atomic mass is 127. The second kappa shape index (κ2) is 10.3. The molecule has 1 aromatic heterocycles. The van der Waals surface area contributed by atoms with Gasteiger partial charge >= 0.3 is 5.63 Å². The van der Waals surface area contributed by atoms with Crippen molar-refractivity contribution in [3.05, 3.63) is 64.0 Å². The maximum atomic E-state index is 12.2. The summed E-state index contributed by atoms with van der Waals surface area (Å²) >= 11 is 1.74. The molecule has 8 nitrogen and oxygen atoms in total. The maximum absolute atomic E-state index is 12.2. The molecular weight excluding hydrogens is 553 g/mol. The van der Waals surface area contributed by atoms with Gasteiger partial charge in [0, 0.05) is 51.9 Å². The molecule has 9 heteroatoms. The Morgan fingerprint density at radius 2 is 1.68 bits per heavy atom. The quantitative estimate of drug-likeness (QED) is 0.155. The highest BCUT2D eigenvalue weighted by Crippen LogP contribution is 2.32. The highest BCUT2D eigenvalue weighted by molar-refractivity contribution is 14.1. The molecule has 1 aliphatic heterocycles. The third kappa shape index (κ3) is 5.89. The summed E-state index contributed by atoms with van der Waals surface area (Å²) in [6.45, 7) is 7.77. The molecule has 2 aromatic carbocycles. The van der Waals surface area contributed by atoms with Crippen molar-refractivity contribution >= 4 is 43.0 Å². The number of hydrogen-bond acceptors (Lipinski definition) is 8. The molecule has 0 spiro atoms. The van der Waals surface area contributed by atoms with E-state index in [1.807, 2.05) is 32.9 Å². The zero-order valence-corrected chi connectivity index (χ0v) is 21.4. The van der Waals surface area contributed by atoms with Crippen molar-refractivity contribution < 1.29 is 28.4 Å². The first-order valence-electron chi connectivity index (χ1n) is 10.9. The van der Waals surface area contributed by atoms with Gasteiger partial charge in [0.2, 0.25) is 3.79 Å². The molecule has 34 heavy (non-hydrogen) atoms. The number of fused-ring (bicyclic) bond motifs is 1. The van der Waals surface area contributed by atoms with Crippen LogP contribution in [0.2, 0.25) is 0 Å². The summed E-state index contributed by atoms with van der Waals surface area (Å²) in [5.41, 5.74) is 1.89. The fraction of sp³-hybridized carbons (Fsp3) is 0.360. The van der Waals surface area contributed by atoms with Gasteiger partial charge in [-0.15, -0.1) is 5.23 Å². The summed E-state index contributed by atoms with van der Waals surface area (Å²) < 4.78 is 16.7. The van der Waals surface area contributed by atoms with Crippen LogP contribution in [0, 0.1) is 12.3 Å². The van der Waals surface area contributed by atoms with Crippen molar-refractivity contribution in [1.82, 2.24) is 0 Å². The Labute approximate surface area is 210 Å². The predicted molar refractivity (Wildman–Crippen MR) is 136 cm³/mol. The van der Waals surface area contributed by atoms with E-state index >= 15 is 0 Å². The number of carbonyl (C=O) groups excluding carboxylic acids is 1. The van der Waals surface area contributed by atoms with Crippen LogP contribution >= 0.6 is 22.6 Å². The van der Waals surface area contributed by atoms with Crippen LogP contribution in [0.4, 0.5) is 5.69 Å². The smallest absolute Gasteiger partial charge is 0.336 e. The predicted octanol–water partition coefficient (Wildman–Crippen LogP) is 5.23. The van der Waals surface area contributed by atoms with Crippen LogP contribution in [0.5, 0.6) is 11.5 Å². The summed E-state index contributed by atoms with van der Waals surface area (Å²) in [5.74, 6) is 1.19. The molecule has 2 heterocycles. The number of benzene rings is 2. The Balaban J connectivity index is 1.31. The molecule has 0 saturated carbocycles. The Morgan fingerprint density at radius 1 is 1.03 bits per heavy atom. The van der Waals surface area contributed by atoms with Gasteiger partial charge in [-0.3, -0.25) is 4.79 Å². The fourth-order valence-corrected chi connectivity index (χ4v) is 3.87. The highest BCUT2D eigenvalue weighted by Gasteiger charge is 2.30. The lowest BCUT2D eigenvalue weighted by molar-refractivity contribution is -0.180. The second-order valence-corrected chi connectivity index (χ2v) is 9.86. The normalized spacial score (nSPS) is 15.4. The monoisotopic (exact) mass is 579 g/mol. The Kier molecular flexibility index (Phi) is 7.44. The summed E-state index contributed by atoms with van der Waals surface area (Å²) in [4.78, 5) is 35.2. The van der Waals surface area contributed by atoms with E-state index in [0.717, 1.165) is 10.9 Å². The first-order valence-corrected chi connectivity index (χ1v) is 12.0. The minimum Gasteiger partial charge on any atom is -0.493 e. The average molecular weight is 579 g/mol. The number of aryl methyl sites for hydroxylation is 1. The number of anilines is 1. The molecule has 0 amide bonds. The number of carbonyl (C=O) groups is 1. The first-order chi connectivity index (χ1) is 16.2. The third-order valence-corrected chi connectivity index (χ3v) is 5.85. The zero-order chi connectivity index (χ0) is 24.3. The molecule has 0 aliphatic carbocycles. The summed E-state index contributed by atoms with van der Waals surface area (Å²) in [5, 5.41) is 2.19. The van der Waals surface area contributed by atoms with Gasteiger partial charge in [-0.1, -0.05) is 13.8 Å². The van der Waals surface area contributed by atoms with Crippen LogP contribution in [0.15, 0.2) is 51.7 Å². The van der Waals surface area contributed by atoms with Crippen LogP contribution in [0.1, 0.15) is 36.2 Å². The summed E-state index contributed by atoms with van der Waals surface area (Å²) in [6.07, 6.45) is 0.624. The van der Waals surface area contributed by atoms with Crippen molar-refractivity contribution in [2.45, 2.75) is 27.2 Å². The van der Waals surface area contributed by atoms with Gasteiger partial charge in [-0.2, -0.15) is 0 Å². The number of ether oxygens (including phenoxy) is 2. The third-order valence-electron chi connectivity index (χ3n) is 5.27. The number of rotatable bonds is 8. The lowest BCUT2D eigenvalue weighted by Crippen LogP contribution is -2.41. The molecule has 1 aliphatic rings. The van der Waals surface area contributed by atoms with Crippen LogP contribution in [0.3, 0.4) is 0 Å². The Hall–Kier alpha value is -2.63. The van der Waals surface area contributed by atoms with Gasteiger partial charge in [0.1, 0.15) is 22.8 Å². The van der Waals surface area contributed by atoms with Crippen molar-refractivity contribution in [1.29, 1.82) is 0 Å². The van der Waals surface area contributed by atoms with E-state index < -0.39 is 0 Å². The Morgan fingerprint density at radius 3 is 2.35 bits per heavy atom. The lowest BCUT2D eigenvalue weighted by Gasteiger charge is -2.36. The molecule has 0 unspecified atom stereocenters. The average Bonchev–Trinajstić information content (AvgIpc) is 2.78. The Bertz CT molecular complexity index is 1240. The standard InChI is InChI=1S/C25H26INO7/c1-16-11-23(28)34-22-13-18(5-7-19(16)22)31-10-4-9-30-17-6-8-21(20(12-17)24(26)29)27-32-14-25(2,3)15-33-27/h5-8,11-13H,4,9-10,14-15H2,1-3H3. The van der Waals surface area contributed by atoms with Gasteiger partial charge in [-0.25, -0.2) is 14.5 Å². The van der Waals surface area contributed by atoms with E-state index in [-0.39, 0.29) is 14.8 Å². The van der Waals surface area contributed by atoms with Gasteiger partial charge in [-0.05, 0) is 42.8 Å². The SMILES string of the molecule is Cc1cc(=O)oc2cc(OCCCOc3ccc(N4OCC(C)(C)CO4)c(C(=O)I)c3)ccc12. The molecular formula is C25H26INO7. The van der Waals surface area contributed by atoms with Crippen molar-refractivity contribution in [2.75, 3.05) is 31.7 Å². The van der Waals surface area contributed by atoms with Crippen molar-refractivity contribution in [3.63, 3.8) is 0 Å². The minimum absolute atomic E-state index is 0.0876. The summed E-state index contributed by atoms with van der Waals surface area (Å²) in [6, 6.07) is 12.1. The van der Waals surface area contributed by atoms with Crippen molar-refractivity contribution in [2.24, 2.45) is 5.41 Å². The van der Waals surface area contributed by atoms with Gasteiger partial charge in [0.15, 0.2) is 0 Å². The molecule has 1 saturated heterocycles. The molecule has 4 rings (SSSR count). The molecule has 1 fully saturated rings. The van der Waals surface area contributed by atoms with E-state index in [2.05, 4.69) is 0 Å². The molecule has 180 valence electrons. The largest absolute Gasteiger partial charge is 0.493 e. The van der Waals surface area contributed by atoms with Crippen LogP contribution in [-0.2, 0) is 9.68 Å². The molecule has 0 bridgehead atoms. The molecule has 0 radical (unpaired) electrons. The van der Waals surface area contributed by atoms with E-state index in [0.29, 0.717) is 61.2 Å². The van der Waals surface area contributed by atoms with Gasteiger partial charge in [0.25, 0.3) is 0 Å². The fourth-order valence-electron chi connectivity index (χ4n) is 3.44. The minimum atomic E-state index is -0.381. The number of nitrogens with zero attached hydrogens (tertiary/aromatic N) is 1.